The minimum atomic E-state index is -0.781. The molecule has 0 spiro atoms. The van der Waals surface area contributed by atoms with Gasteiger partial charge in [-0.05, 0) is 113 Å². The summed E-state index contributed by atoms with van der Waals surface area (Å²) in [6, 6.07) is 39.6. The van der Waals surface area contributed by atoms with Gasteiger partial charge in [0, 0.05) is 6.42 Å². The Hall–Kier alpha value is -4.70. The van der Waals surface area contributed by atoms with Gasteiger partial charge in [-0.25, -0.2) is 4.39 Å². The zero-order chi connectivity index (χ0) is 47.7. The number of ether oxygens (including phenoxy) is 1. The van der Waals surface area contributed by atoms with Crippen molar-refractivity contribution in [1.82, 2.24) is 0 Å². The van der Waals surface area contributed by atoms with Crippen LogP contribution in [0.2, 0.25) is 0 Å². The Morgan fingerprint density at radius 3 is 0.984 bits per heavy atom. The number of aliphatic carboxylic acids is 1. The predicted octanol–water partition coefficient (Wildman–Crippen LogP) is 16.5. The summed E-state index contributed by atoms with van der Waals surface area (Å²) in [7, 11) is 0. The largest absolute Gasteiger partial charge is 0.494 e. The van der Waals surface area contributed by atoms with Crippen LogP contribution in [0.4, 0.5) is 4.39 Å². The molecule has 0 atom stereocenters. The van der Waals surface area contributed by atoms with Gasteiger partial charge < -0.3 is 9.84 Å². The second kappa shape index (κ2) is 24.2. The van der Waals surface area contributed by atoms with Crippen molar-refractivity contribution >= 4 is 5.97 Å². The van der Waals surface area contributed by atoms with Crippen LogP contribution < -0.4 is 4.74 Å². The van der Waals surface area contributed by atoms with E-state index in [1.165, 1.54) is 38.9 Å². The second-order valence-corrected chi connectivity index (χ2v) is 21.7. The SMILES string of the molecule is CC(C)(C)c1ccc(OCCCC(=O)O)cc1.Cc1ccc(C(C)(C)C)cc1.Cc1ccc(C(C)(C)C)cc1.Cc1ccc(C(C)(C)C)cc1.Cc1ccc(C(C)(C)C)cc1F. The van der Waals surface area contributed by atoms with Crippen LogP contribution in [0, 0.1) is 33.5 Å². The first-order valence-corrected chi connectivity index (χ1v) is 22.2. The molecule has 3 nitrogen and oxygen atoms in total. The Kier molecular flexibility index (Phi) is 21.6. The van der Waals surface area contributed by atoms with E-state index < -0.39 is 5.97 Å². The van der Waals surface area contributed by atoms with Gasteiger partial charge in [-0.3, -0.25) is 4.79 Å². The molecule has 0 aliphatic rings. The van der Waals surface area contributed by atoms with Crippen molar-refractivity contribution in [3.05, 3.63) is 171 Å². The fourth-order valence-corrected chi connectivity index (χ4v) is 5.68. The number of hydrogen-bond donors (Lipinski definition) is 1. The molecule has 1 N–H and O–H groups in total. The first-order chi connectivity index (χ1) is 28.3. The summed E-state index contributed by atoms with van der Waals surface area (Å²) in [5.41, 5.74) is 12.3. The lowest BCUT2D eigenvalue weighted by atomic mass is 9.86. The smallest absolute Gasteiger partial charge is 0.303 e. The molecule has 0 heterocycles. The lowest BCUT2D eigenvalue weighted by Crippen LogP contribution is -2.11. The highest BCUT2D eigenvalue weighted by molar-refractivity contribution is 5.66. The molecule has 0 saturated carbocycles. The monoisotopic (exact) mass is 847 g/mol. The van der Waals surface area contributed by atoms with E-state index in [0.717, 1.165) is 11.3 Å². The number of halogens is 1. The van der Waals surface area contributed by atoms with Crippen molar-refractivity contribution in [1.29, 1.82) is 0 Å². The molecular formula is C58H83FO3. The van der Waals surface area contributed by atoms with E-state index in [-0.39, 0.29) is 39.3 Å². The van der Waals surface area contributed by atoms with Gasteiger partial charge in [0.1, 0.15) is 11.6 Å². The van der Waals surface area contributed by atoms with Gasteiger partial charge in [0.15, 0.2) is 0 Å². The molecule has 0 aliphatic carbocycles. The van der Waals surface area contributed by atoms with Gasteiger partial charge in [-0.2, -0.15) is 0 Å². The lowest BCUT2D eigenvalue weighted by molar-refractivity contribution is -0.137. The quantitative estimate of drug-likeness (QED) is 0.179. The Morgan fingerprint density at radius 2 is 0.726 bits per heavy atom. The lowest BCUT2D eigenvalue weighted by Gasteiger charge is -2.19. The first kappa shape index (κ1) is 55.3. The van der Waals surface area contributed by atoms with E-state index in [1.807, 2.05) is 36.4 Å². The van der Waals surface area contributed by atoms with Crippen LogP contribution in [0.25, 0.3) is 0 Å². The second-order valence-electron chi connectivity index (χ2n) is 21.7. The van der Waals surface area contributed by atoms with Crippen LogP contribution in [0.5, 0.6) is 5.75 Å². The summed E-state index contributed by atoms with van der Waals surface area (Å²) in [4.78, 5) is 10.3. The van der Waals surface area contributed by atoms with Crippen molar-refractivity contribution in [3.8, 4) is 5.75 Å². The van der Waals surface area contributed by atoms with Crippen LogP contribution in [0.15, 0.2) is 115 Å². The first-order valence-electron chi connectivity index (χ1n) is 22.2. The molecule has 0 fully saturated rings. The molecule has 62 heavy (non-hydrogen) atoms. The van der Waals surface area contributed by atoms with Crippen LogP contribution in [-0.4, -0.2) is 17.7 Å². The summed E-state index contributed by atoms with van der Waals surface area (Å²) in [6.45, 7) is 41.4. The molecule has 340 valence electrons. The molecule has 0 aromatic heterocycles. The minimum Gasteiger partial charge on any atom is -0.494 e. The van der Waals surface area contributed by atoms with Gasteiger partial charge in [-0.15, -0.1) is 0 Å². The molecule has 0 amide bonds. The fourth-order valence-electron chi connectivity index (χ4n) is 5.68. The van der Waals surface area contributed by atoms with Crippen molar-refractivity contribution in [2.75, 3.05) is 6.61 Å². The van der Waals surface area contributed by atoms with Crippen LogP contribution in [0.1, 0.15) is 167 Å². The summed E-state index contributed by atoms with van der Waals surface area (Å²) >= 11 is 0. The van der Waals surface area contributed by atoms with Crippen molar-refractivity contribution < 1.29 is 19.0 Å². The number of rotatable bonds is 5. The standard InChI is InChI=1S/C14H20O3.C11H15F.3C11H16/c1-14(2,3)11-6-8-12(9-7-11)17-10-4-5-13(15)16;1-8-5-6-9(7-10(8)12)11(2,3)4;3*1-9-5-7-10(8-6-9)11(2,3)4/h6-9H,4-5,10H2,1-3H3,(H,15,16);5-7H,1-4H3;3*5-8H,1-4H3. The number of benzene rings is 5. The van der Waals surface area contributed by atoms with Gasteiger partial charge in [0.2, 0.25) is 0 Å². The third-order valence-corrected chi connectivity index (χ3v) is 10.3. The maximum atomic E-state index is 13.1. The number of carboxylic acids is 1. The molecule has 5 rings (SSSR count). The molecular weight excluding hydrogens is 764 g/mol. The molecule has 0 aliphatic heterocycles. The summed E-state index contributed by atoms with van der Waals surface area (Å²) < 4.78 is 18.6. The Labute approximate surface area is 378 Å². The zero-order valence-electron chi connectivity index (χ0n) is 42.2. The van der Waals surface area contributed by atoms with Gasteiger partial charge in [0.25, 0.3) is 0 Å². The highest BCUT2D eigenvalue weighted by Gasteiger charge is 2.16. The normalized spacial score (nSPS) is 11.5. The fraction of sp³-hybridized carbons (Fsp3) is 0.466. The number of carboxylic acid groups (broad SMARTS) is 1. The Bertz CT molecular complexity index is 1890. The summed E-state index contributed by atoms with van der Waals surface area (Å²) in [5.74, 6) is -0.0949. The molecule has 5 aromatic rings. The zero-order valence-corrected chi connectivity index (χ0v) is 42.2. The van der Waals surface area contributed by atoms with Gasteiger partial charge >= 0.3 is 5.97 Å². The van der Waals surface area contributed by atoms with E-state index in [0.29, 0.717) is 18.6 Å². The topological polar surface area (TPSA) is 46.5 Å². The van der Waals surface area contributed by atoms with Gasteiger partial charge in [-0.1, -0.05) is 218 Å². The van der Waals surface area contributed by atoms with Gasteiger partial charge in [0.05, 0.1) is 6.61 Å². The van der Waals surface area contributed by atoms with E-state index in [9.17, 15) is 9.18 Å². The Balaban J connectivity index is 0.000000392. The average molecular weight is 847 g/mol. The average Bonchev–Trinajstić information content (AvgIpc) is 3.14. The van der Waals surface area contributed by atoms with E-state index in [1.54, 1.807) is 13.0 Å². The number of aryl methyl sites for hydroxylation is 4. The van der Waals surface area contributed by atoms with Crippen molar-refractivity contribution in [2.45, 2.75) is 171 Å². The molecule has 4 heteroatoms. The van der Waals surface area contributed by atoms with Crippen molar-refractivity contribution in [3.63, 3.8) is 0 Å². The third kappa shape index (κ3) is 22.4. The molecule has 0 unspecified atom stereocenters. The summed E-state index contributed by atoms with van der Waals surface area (Å²) in [5, 5.41) is 8.48. The van der Waals surface area contributed by atoms with Crippen LogP contribution in [-0.2, 0) is 31.9 Å². The summed E-state index contributed by atoms with van der Waals surface area (Å²) in [6.07, 6.45) is 0.691. The van der Waals surface area contributed by atoms with E-state index in [2.05, 4.69) is 197 Å². The third-order valence-electron chi connectivity index (χ3n) is 10.3. The number of hydrogen-bond acceptors (Lipinski definition) is 2. The Morgan fingerprint density at radius 1 is 0.452 bits per heavy atom. The molecule has 0 saturated heterocycles. The van der Waals surface area contributed by atoms with E-state index >= 15 is 0 Å². The minimum absolute atomic E-state index is 0.0362. The van der Waals surface area contributed by atoms with E-state index in [4.69, 9.17) is 9.84 Å². The highest BCUT2D eigenvalue weighted by Crippen LogP contribution is 2.26. The maximum absolute atomic E-state index is 13.1. The highest BCUT2D eigenvalue weighted by atomic mass is 19.1. The van der Waals surface area contributed by atoms with Crippen molar-refractivity contribution in [2.24, 2.45) is 0 Å². The van der Waals surface area contributed by atoms with Crippen LogP contribution >= 0.6 is 0 Å². The molecule has 5 aromatic carbocycles. The van der Waals surface area contributed by atoms with Crippen LogP contribution in [0.3, 0.4) is 0 Å². The molecule has 0 bridgehead atoms. The maximum Gasteiger partial charge on any atom is 0.303 e. The predicted molar refractivity (Wildman–Crippen MR) is 267 cm³/mol. The number of carbonyl (C=O) groups is 1. The molecule has 0 radical (unpaired) electrons.